The first-order chi connectivity index (χ1) is 32.2. The van der Waals surface area contributed by atoms with Gasteiger partial charge in [0.05, 0.1) is 16.4 Å². The van der Waals surface area contributed by atoms with Crippen molar-refractivity contribution in [1.82, 2.24) is 4.57 Å². The lowest BCUT2D eigenvalue weighted by atomic mass is 9.70. The molecule has 0 saturated carbocycles. The molecule has 0 bridgehead atoms. The number of aromatic nitrogens is 1. The highest BCUT2D eigenvalue weighted by Gasteiger charge is 2.51. The summed E-state index contributed by atoms with van der Waals surface area (Å²) in [5.41, 5.74) is 19.5. The van der Waals surface area contributed by atoms with Crippen molar-refractivity contribution in [2.24, 2.45) is 0 Å². The van der Waals surface area contributed by atoms with Crippen LogP contribution in [0.15, 0.2) is 243 Å². The van der Waals surface area contributed by atoms with E-state index in [1.165, 1.54) is 99.0 Å². The van der Waals surface area contributed by atoms with Gasteiger partial charge in [-0.25, -0.2) is 0 Å². The fourth-order valence-electron chi connectivity index (χ4n) is 11.6. The molecule has 2 nitrogen and oxygen atoms in total. The highest BCUT2D eigenvalue weighted by molar-refractivity contribution is 6.19. The van der Waals surface area contributed by atoms with E-state index >= 15 is 0 Å². The van der Waals surface area contributed by atoms with Crippen LogP contribution < -0.4 is 4.90 Å². The number of nitrogens with zero attached hydrogens (tertiary/aromatic N) is 2. The van der Waals surface area contributed by atoms with Crippen molar-refractivity contribution in [3.8, 4) is 39.1 Å². The van der Waals surface area contributed by atoms with Crippen molar-refractivity contribution in [3.63, 3.8) is 0 Å². The van der Waals surface area contributed by atoms with Gasteiger partial charge < -0.3 is 9.47 Å². The molecule has 1 aromatic heterocycles. The van der Waals surface area contributed by atoms with Crippen LogP contribution in [0.2, 0.25) is 0 Å². The molecule has 1 heterocycles. The molecular formula is C63H40N2. The number of para-hydroxylation sites is 1. The van der Waals surface area contributed by atoms with Gasteiger partial charge in [0, 0.05) is 38.9 Å². The summed E-state index contributed by atoms with van der Waals surface area (Å²) in [7, 11) is 0. The van der Waals surface area contributed by atoms with E-state index in [0.29, 0.717) is 0 Å². The van der Waals surface area contributed by atoms with Gasteiger partial charge in [-0.1, -0.05) is 188 Å². The monoisotopic (exact) mass is 824 g/mol. The van der Waals surface area contributed by atoms with Crippen molar-refractivity contribution in [2.45, 2.75) is 5.41 Å². The maximum Gasteiger partial charge on any atom is 0.0726 e. The van der Waals surface area contributed by atoms with Crippen LogP contribution in [0.25, 0.3) is 82.4 Å². The maximum absolute atomic E-state index is 2.48. The summed E-state index contributed by atoms with van der Waals surface area (Å²) in [6.45, 7) is 0. The smallest absolute Gasteiger partial charge is 0.0726 e. The van der Waals surface area contributed by atoms with E-state index in [1.807, 2.05) is 0 Å². The second-order valence-electron chi connectivity index (χ2n) is 17.6. The van der Waals surface area contributed by atoms with Crippen molar-refractivity contribution >= 4 is 60.4 Å². The highest BCUT2D eigenvalue weighted by Crippen LogP contribution is 2.63. The second kappa shape index (κ2) is 13.8. The SMILES string of the molecule is c1ccc(-n2c3cc(-c4ccc(N(c5ccc6c(c5)C5(c7ccccc7-c7ccccc75)c5ccccc5-6)c5ccc6ccccc6c5)cc4)ccc3c3ccc4ccccc4c32)cc1. The Morgan fingerprint density at radius 2 is 0.831 bits per heavy atom. The Morgan fingerprint density at radius 1 is 0.308 bits per heavy atom. The zero-order valence-electron chi connectivity index (χ0n) is 35.5. The standard InChI is InChI=1S/C63H40N2/c1-2-17-46(18-3-1)65-61-39-45(30-35-55(61)56-36-29-43-15-6-7-19-50(43)62(56)65)42-26-31-47(32-27-42)64(48-33-28-41-14-4-5-16-44(41)38-48)49-34-37-54-53-22-10-13-25-59(53)63(60(54)40-49)57-23-11-8-20-51(57)52-21-9-12-24-58(52)63/h1-40H. The molecule has 14 rings (SSSR count). The summed E-state index contributed by atoms with van der Waals surface area (Å²) in [5.74, 6) is 0. The minimum absolute atomic E-state index is 0.429. The van der Waals surface area contributed by atoms with E-state index in [4.69, 9.17) is 0 Å². The van der Waals surface area contributed by atoms with Gasteiger partial charge in [-0.2, -0.15) is 0 Å². The van der Waals surface area contributed by atoms with Crippen molar-refractivity contribution in [2.75, 3.05) is 4.90 Å². The van der Waals surface area contributed by atoms with Gasteiger partial charge in [0.2, 0.25) is 0 Å². The Kier molecular flexibility index (Phi) is 7.64. The third kappa shape index (κ3) is 5.11. The van der Waals surface area contributed by atoms with E-state index < -0.39 is 5.41 Å². The van der Waals surface area contributed by atoms with Crippen LogP contribution in [0, 0.1) is 0 Å². The van der Waals surface area contributed by atoms with Crippen LogP contribution in [-0.2, 0) is 5.41 Å². The molecule has 1 spiro atoms. The first-order valence-corrected chi connectivity index (χ1v) is 22.6. The quantitative estimate of drug-likeness (QED) is 0.168. The summed E-state index contributed by atoms with van der Waals surface area (Å²) < 4.78 is 2.45. The summed E-state index contributed by atoms with van der Waals surface area (Å²) in [5, 5.41) is 7.46. The average molecular weight is 825 g/mol. The largest absolute Gasteiger partial charge is 0.310 e. The summed E-state index contributed by atoms with van der Waals surface area (Å²) >= 11 is 0. The molecule has 2 aliphatic carbocycles. The fraction of sp³-hybridized carbons (Fsp3) is 0.0159. The Bertz CT molecular complexity index is 3830. The third-order valence-electron chi connectivity index (χ3n) is 14.4. The lowest BCUT2D eigenvalue weighted by Crippen LogP contribution is -2.26. The predicted octanol–water partition coefficient (Wildman–Crippen LogP) is 16.6. The zero-order valence-corrected chi connectivity index (χ0v) is 35.5. The van der Waals surface area contributed by atoms with Gasteiger partial charge in [0.15, 0.2) is 0 Å². The molecule has 0 unspecified atom stereocenters. The van der Waals surface area contributed by atoms with Gasteiger partial charge >= 0.3 is 0 Å². The Labute approximate surface area is 377 Å². The van der Waals surface area contributed by atoms with Crippen LogP contribution in [0.3, 0.4) is 0 Å². The minimum atomic E-state index is -0.429. The number of rotatable bonds is 5. The lowest BCUT2D eigenvalue weighted by Gasteiger charge is -2.32. The second-order valence-corrected chi connectivity index (χ2v) is 17.6. The van der Waals surface area contributed by atoms with Gasteiger partial charge in [-0.05, 0) is 126 Å². The molecule has 11 aromatic carbocycles. The average Bonchev–Trinajstić information content (AvgIpc) is 3.98. The molecule has 12 aromatic rings. The molecule has 0 atom stereocenters. The molecule has 0 radical (unpaired) electrons. The van der Waals surface area contributed by atoms with Crippen molar-refractivity contribution < 1.29 is 0 Å². The highest BCUT2D eigenvalue weighted by atomic mass is 15.1. The van der Waals surface area contributed by atoms with Crippen LogP contribution >= 0.6 is 0 Å². The normalized spacial score (nSPS) is 13.0. The molecule has 0 amide bonds. The molecule has 65 heavy (non-hydrogen) atoms. The number of hydrogen-bond acceptors (Lipinski definition) is 1. The van der Waals surface area contributed by atoms with Gasteiger partial charge in [-0.15, -0.1) is 0 Å². The van der Waals surface area contributed by atoms with E-state index in [1.54, 1.807) is 0 Å². The maximum atomic E-state index is 2.48. The van der Waals surface area contributed by atoms with E-state index in [2.05, 4.69) is 252 Å². The van der Waals surface area contributed by atoms with Gasteiger partial charge in [0.25, 0.3) is 0 Å². The van der Waals surface area contributed by atoms with E-state index in [-0.39, 0.29) is 0 Å². The molecule has 0 aliphatic heterocycles. The van der Waals surface area contributed by atoms with Crippen LogP contribution in [0.4, 0.5) is 17.1 Å². The van der Waals surface area contributed by atoms with Gasteiger partial charge in [-0.3, -0.25) is 0 Å². The van der Waals surface area contributed by atoms with E-state index in [0.717, 1.165) is 22.7 Å². The summed E-state index contributed by atoms with van der Waals surface area (Å²) in [6, 6.07) is 90.1. The van der Waals surface area contributed by atoms with Crippen molar-refractivity contribution in [3.05, 3.63) is 265 Å². The van der Waals surface area contributed by atoms with Crippen molar-refractivity contribution in [1.29, 1.82) is 0 Å². The Balaban J connectivity index is 0.948. The predicted molar refractivity (Wildman–Crippen MR) is 272 cm³/mol. The van der Waals surface area contributed by atoms with Crippen LogP contribution in [-0.4, -0.2) is 4.57 Å². The first kappa shape index (κ1) is 36.1. The molecular weight excluding hydrogens is 785 g/mol. The molecule has 302 valence electrons. The van der Waals surface area contributed by atoms with Crippen LogP contribution in [0.1, 0.15) is 22.3 Å². The van der Waals surface area contributed by atoms with Gasteiger partial charge in [0.1, 0.15) is 0 Å². The number of anilines is 3. The molecule has 2 heteroatoms. The molecule has 0 N–H and O–H groups in total. The van der Waals surface area contributed by atoms with E-state index in [9.17, 15) is 0 Å². The zero-order chi connectivity index (χ0) is 42.6. The summed E-state index contributed by atoms with van der Waals surface area (Å²) in [4.78, 5) is 2.45. The third-order valence-corrected chi connectivity index (χ3v) is 14.4. The van der Waals surface area contributed by atoms with Crippen LogP contribution in [0.5, 0.6) is 0 Å². The number of hydrogen-bond donors (Lipinski definition) is 0. The molecule has 0 saturated heterocycles. The number of fused-ring (bicyclic) bond motifs is 16. The topological polar surface area (TPSA) is 8.17 Å². The Morgan fingerprint density at radius 3 is 1.55 bits per heavy atom. The fourth-order valence-corrected chi connectivity index (χ4v) is 11.6. The summed E-state index contributed by atoms with van der Waals surface area (Å²) in [6.07, 6.45) is 0. The lowest BCUT2D eigenvalue weighted by molar-refractivity contribution is 0.793. The number of benzene rings is 11. The minimum Gasteiger partial charge on any atom is -0.310 e. The molecule has 2 aliphatic rings. The Hall–Kier alpha value is -8.46. The molecule has 0 fully saturated rings. The first-order valence-electron chi connectivity index (χ1n) is 22.6.